The molecule has 126 valence electrons. The number of hydrogen-bond acceptors (Lipinski definition) is 3. The third-order valence-electron chi connectivity index (χ3n) is 3.57. The molecule has 24 heavy (non-hydrogen) atoms. The van der Waals surface area contributed by atoms with Crippen LogP contribution in [0, 0.1) is 63.7 Å². The van der Waals surface area contributed by atoms with Crippen molar-refractivity contribution in [1.82, 2.24) is 4.90 Å². The molecule has 5 heteroatoms. The second-order valence-corrected chi connectivity index (χ2v) is 5.76. The minimum atomic E-state index is -0.720. The summed E-state index contributed by atoms with van der Waals surface area (Å²) in [5.41, 5.74) is -0.720. The minimum Gasteiger partial charge on any atom is -0.441 e. The Bertz CT molecular complexity index is 444. The standard InChI is InChI=1S/C14H16NO3.C5H5.Fe/c1-4-7-11(16)15-12(10-8-5-6-9-10)14(2,3)18-13(15)17;1-2-4-5-3-1;/h4-9,12H,1-3H3;1-5H;/q;;+2/b7-4+;;/t12-;;/m1../s1. The molecule has 0 bridgehead atoms. The van der Waals surface area contributed by atoms with Crippen LogP contribution in [0.15, 0.2) is 12.2 Å². The molecule has 3 rings (SSSR count). The van der Waals surface area contributed by atoms with Gasteiger partial charge in [-0.25, -0.2) is 9.69 Å². The zero-order valence-corrected chi connectivity index (χ0v) is 15.1. The SMILES string of the molecule is C/C=C/C(=O)N1C(=O)OC(C)(C)[C@H]1[C]1[CH][CH][CH][CH]1.[CH]1[CH][CH][CH][CH]1.[Fe+2]. The van der Waals surface area contributed by atoms with E-state index in [1.807, 2.05) is 71.6 Å². The second kappa shape index (κ2) is 9.62. The van der Waals surface area contributed by atoms with E-state index in [0.29, 0.717) is 0 Å². The Balaban J connectivity index is 0.000000412. The van der Waals surface area contributed by atoms with Crippen molar-refractivity contribution in [3.63, 3.8) is 0 Å². The van der Waals surface area contributed by atoms with Gasteiger partial charge >= 0.3 is 23.2 Å². The Hall–Kier alpha value is -0.801. The van der Waals surface area contributed by atoms with Crippen LogP contribution >= 0.6 is 0 Å². The van der Waals surface area contributed by atoms with E-state index in [9.17, 15) is 9.59 Å². The van der Waals surface area contributed by atoms with Crippen LogP contribution in [0.4, 0.5) is 4.79 Å². The molecule has 10 radical (unpaired) electrons. The number of hydrogen-bond donors (Lipinski definition) is 0. The molecule has 1 atom stereocenters. The van der Waals surface area contributed by atoms with Gasteiger partial charge in [-0.1, -0.05) is 6.08 Å². The molecule has 0 unspecified atom stereocenters. The maximum atomic E-state index is 12.0. The predicted octanol–water partition coefficient (Wildman–Crippen LogP) is 3.11. The maximum absolute atomic E-state index is 12.0. The summed E-state index contributed by atoms with van der Waals surface area (Å²) in [6.45, 7) is 5.36. The average molecular weight is 367 g/mol. The molecule has 1 saturated heterocycles. The van der Waals surface area contributed by atoms with Crippen LogP contribution in [0.25, 0.3) is 0 Å². The monoisotopic (exact) mass is 367 g/mol. The van der Waals surface area contributed by atoms with E-state index >= 15 is 0 Å². The fourth-order valence-corrected chi connectivity index (χ4v) is 2.63. The average Bonchev–Trinajstić information content (AvgIpc) is 3.20. The molecule has 2 amide bonds. The molecule has 0 aromatic carbocycles. The van der Waals surface area contributed by atoms with E-state index in [2.05, 4.69) is 0 Å². The van der Waals surface area contributed by atoms with Gasteiger partial charge in [-0.3, -0.25) is 4.79 Å². The zero-order valence-electron chi connectivity index (χ0n) is 14.0. The molecule has 4 nitrogen and oxygen atoms in total. The Labute approximate surface area is 156 Å². The van der Waals surface area contributed by atoms with Crippen LogP contribution in [0.1, 0.15) is 20.8 Å². The zero-order chi connectivity index (χ0) is 16.9. The van der Waals surface area contributed by atoms with Gasteiger partial charge in [0.2, 0.25) is 0 Å². The number of carbonyl (C=O) groups is 2. The van der Waals surface area contributed by atoms with Gasteiger partial charge < -0.3 is 4.74 Å². The number of amides is 2. The largest absolute Gasteiger partial charge is 2.00 e. The molecule has 0 spiro atoms. The van der Waals surface area contributed by atoms with Crippen LogP contribution in [0.5, 0.6) is 0 Å². The summed E-state index contributed by atoms with van der Waals surface area (Å²) in [6, 6.07) is -0.385. The minimum absolute atomic E-state index is 0. The first-order valence-corrected chi connectivity index (χ1v) is 7.54. The van der Waals surface area contributed by atoms with Gasteiger partial charge in [-0.15, -0.1) is 0 Å². The molecule has 3 fully saturated rings. The first-order chi connectivity index (χ1) is 11.0. The van der Waals surface area contributed by atoms with E-state index in [4.69, 9.17) is 4.74 Å². The Morgan fingerprint density at radius 3 is 2.04 bits per heavy atom. The molecule has 0 N–H and O–H groups in total. The third-order valence-corrected chi connectivity index (χ3v) is 3.57. The van der Waals surface area contributed by atoms with Crippen molar-refractivity contribution in [2.45, 2.75) is 32.4 Å². The summed E-state index contributed by atoms with van der Waals surface area (Å²) in [5, 5.41) is 0. The molecule has 2 aliphatic carbocycles. The van der Waals surface area contributed by atoms with Crippen molar-refractivity contribution in [2.24, 2.45) is 0 Å². The second-order valence-electron chi connectivity index (χ2n) is 5.76. The van der Waals surface area contributed by atoms with E-state index in [1.165, 1.54) is 11.0 Å². The van der Waals surface area contributed by atoms with Gasteiger partial charge in [0.1, 0.15) is 5.60 Å². The van der Waals surface area contributed by atoms with Crippen molar-refractivity contribution in [3.05, 3.63) is 75.9 Å². The molecule has 0 aromatic heterocycles. The van der Waals surface area contributed by atoms with Gasteiger partial charge in [0.25, 0.3) is 5.91 Å². The molecule has 2 saturated carbocycles. The summed E-state index contributed by atoms with van der Waals surface area (Å²) in [6.07, 6.45) is 19.9. The van der Waals surface area contributed by atoms with Crippen molar-refractivity contribution < 1.29 is 31.4 Å². The van der Waals surface area contributed by atoms with Gasteiger partial charge in [-0.05, 0) is 84.6 Å². The predicted molar refractivity (Wildman–Crippen MR) is 88.0 cm³/mol. The van der Waals surface area contributed by atoms with E-state index in [0.717, 1.165) is 5.92 Å². The fourth-order valence-electron chi connectivity index (χ4n) is 2.63. The number of ether oxygens (including phenoxy) is 1. The van der Waals surface area contributed by atoms with Crippen LogP contribution in [0.3, 0.4) is 0 Å². The quantitative estimate of drug-likeness (QED) is 0.557. The van der Waals surface area contributed by atoms with Crippen LogP contribution < -0.4 is 0 Å². The van der Waals surface area contributed by atoms with Crippen molar-refractivity contribution in [3.8, 4) is 0 Å². The van der Waals surface area contributed by atoms with Crippen molar-refractivity contribution in [2.75, 3.05) is 0 Å². The Kier molecular flexibility index (Phi) is 8.52. The number of cyclic esters (lactones) is 1. The molecule has 0 aromatic rings. The van der Waals surface area contributed by atoms with Gasteiger partial charge in [0.05, 0.1) is 6.04 Å². The normalized spacial score (nSPS) is 26.0. The smallest absolute Gasteiger partial charge is 0.441 e. The summed E-state index contributed by atoms with van der Waals surface area (Å²) in [4.78, 5) is 25.0. The van der Waals surface area contributed by atoms with Crippen LogP contribution in [0.2, 0.25) is 0 Å². The summed E-state index contributed by atoms with van der Waals surface area (Å²) in [7, 11) is 0. The molecular weight excluding hydrogens is 346 g/mol. The topological polar surface area (TPSA) is 46.6 Å². The summed E-state index contributed by atoms with van der Waals surface area (Å²) >= 11 is 0. The van der Waals surface area contributed by atoms with E-state index < -0.39 is 11.7 Å². The molecule has 1 aliphatic heterocycles. The molecule has 3 aliphatic rings. The summed E-state index contributed by atoms with van der Waals surface area (Å²) < 4.78 is 5.30. The first kappa shape index (κ1) is 21.2. The summed E-state index contributed by atoms with van der Waals surface area (Å²) in [5.74, 6) is 0.558. The number of rotatable bonds is 2. The van der Waals surface area contributed by atoms with Gasteiger partial charge in [0, 0.05) is 5.92 Å². The van der Waals surface area contributed by atoms with Crippen molar-refractivity contribution >= 4 is 12.0 Å². The molecule has 1 heterocycles. The number of carbonyl (C=O) groups excluding carboxylic acids is 2. The third kappa shape index (κ3) is 5.10. The first-order valence-electron chi connectivity index (χ1n) is 7.54. The van der Waals surface area contributed by atoms with Crippen LogP contribution in [-0.4, -0.2) is 28.5 Å². The van der Waals surface area contributed by atoms with E-state index in [1.54, 1.807) is 13.0 Å². The van der Waals surface area contributed by atoms with Crippen molar-refractivity contribution in [1.29, 1.82) is 0 Å². The van der Waals surface area contributed by atoms with Crippen LogP contribution in [-0.2, 0) is 26.6 Å². The van der Waals surface area contributed by atoms with E-state index in [-0.39, 0.29) is 29.0 Å². The number of imide groups is 1. The van der Waals surface area contributed by atoms with Gasteiger partial charge in [0.15, 0.2) is 0 Å². The number of allylic oxidation sites excluding steroid dienone is 1. The Morgan fingerprint density at radius 2 is 1.58 bits per heavy atom. The fraction of sp³-hybridized carbons (Fsp3) is 0.263. The Morgan fingerprint density at radius 1 is 1.08 bits per heavy atom. The van der Waals surface area contributed by atoms with Gasteiger partial charge in [-0.2, -0.15) is 0 Å². The molecular formula is C19H21FeNO3+2. The maximum Gasteiger partial charge on any atom is 2.00 e. The number of nitrogens with zero attached hydrogens (tertiary/aromatic N) is 1.